The lowest BCUT2D eigenvalue weighted by molar-refractivity contribution is 0.510. The van der Waals surface area contributed by atoms with Crippen LogP contribution in [0.5, 0.6) is 0 Å². The normalized spacial score (nSPS) is 12.9. The van der Waals surface area contributed by atoms with Crippen molar-refractivity contribution in [2.75, 3.05) is 6.54 Å². The standard InChI is InChI=1S/C15H29N3/c1-6-11-16-12(7-2)15-13(8-3)17-18(10-5)14(15)9-4/h12,16H,6-11H2,1-5H3. The van der Waals surface area contributed by atoms with Gasteiger partial charge >= 0.3 is 0 Å². The van der Waals surface area contributed by atoms with Crippen molar-refractivity contribution in [3.05, 3.63) is 17.0 Å². The molecule has 1 rings (SSSR count). The van der Waals surface area contributed by atoms with Crippen LogP contribution in [0.15, 0.2) is 0 Å². The summed E-state index contributed by atoms with van der Waals surface area (Å²) in [6, 6.07) is 0.468. The van der Waals surface area contributed by atoms with E-state index < -0.39 is 0 Å². The fourth-order valence-corrected chi connectivity index (χ4v) is 2.63. The molecule has 0 spiro atoms. The zero-order chi connectivity index (χ0) is 13.5. The summed E-state index contributed by atoms with van der Waals surface area (Å²) in [5, 5.41) is 8.44. The van der Waals surface area contributed by atoms with Crippen LogP contribution in [0.4, 0.5) is 0 Å². The van der Waals surface area contributed by atoms with Gasteiger partial charge in [-0.1, -0.05) is 27.7 Å². The molecule has 0 aliphatic carbocycles. The molecular weight excluding hydrogens is 222 g/mol. The Kier molecular flexibility index (Phi) is 6.41. The summed E-state index contributed by atoms with van der Waals surface area (Å²) < 4.78 is 2.18. The molecule has 104 valence electrons. The van der Waals surface area contributed by atoms with Crippen LogP contribution < -0.4 is 5.32 Å². The van der Waals surface area contributed by atoms with Gasteiger partial charge in [0.05, 0.1) is 5.69 Å². The van der Waals surface area contributed by atoms with Crippen LogP contribution >= 0.6 is 0 Å². The van der Waals surface area contributed by atoms with Crippen LogP contribution in [0.3, 0.4) is 0 Å². The predicted octanol–water partition coefficient (Wildman–Crippen LogP) is 3.48. The summed E-state index contributed by atoms with van der Waals surface area (Å²) in [7, 11) is 0. The van der Waals surface area contributed by atoms with E-state index in [0.29, 0.717) is 6.04 Å². The molecule has 0 amide bonds. The second-order valence-electron chi connectivity index (χ2n) is 4.74. The van der Waals surface area contributed by atoms with Crippen LogP contribution in [0, 0.1) is 0 Å². The van der Waals surface area contributed by atoms with Gasteiger partial charge in [0.1, 0.15) is 0 Å². The zero-order valence-electron chi connectivity index (χ0n) is 12.7. The third-order valence-corrected chi connectivity index (χ3v) is 3.54. The third kappa shape index (κ3) is 3.14. The molecule has 1 N–H and O–H groups in total. The molecule has 1 unspecified atom stereocenters. The Bertz CT molecular complexity index is 355. The lowest BCUT2D eigenvalue weighted by atomic mass is 9.99. The lowest BCUT2D eigenvalue weighted by Crippen LogP contribution is -2.23. The van der Waals surface area contributed by atoms with Crippen molar-refractivity contribution in [3.63, 3.8) is 0 Å². The van der Waals surface area contributed by atoms with E-state index in [1.807, 2.05) is 0 Å². The first kappa shape index (κ1) is 15.2. The van der Waals surface area contributed by atoms with Crippen molar-refractivity contribution in [2.24, 2.45) is 0 Å². The van der Waals surface area contributed by atoms with Crippen LogP contribution in [0.1, 0.15) is 70.5 Å². The number of rotatable bonds is 8. The highest BCUT2D eigenvalue weighted by molar-refractivity contribution is 5.30. The van der Waals surface area contributed by atoms with Gasteiger partial charge in [0, 0.05) is 23.8 Å². The molecule has 0 saturated carbocycles. The SMILES string of the molecule is CCCNC(CC)c1c(CC)nn(CC)c1CC. The Balaban J connectivity index is 3.12. The van der Waals surface area contributed by atoms with Gasteiger partial charge in [0.2, 0.25) is 0 Å². The van der Waals surface area contributed by atoms with E-state index >= 15 is 0 Å². The van der Waals surface area contributed by atoms with Gasteiger partial charge in [0.15, 0.2) is 0 Å². The van der Waals surface area contributed by atoms with E-state index in [1.165, 1.54) is 23.4 Å². The fourth-order valence-electron chi connectivity index (χ4n) is 2.63. The molecule has 0 aliphatic heterocycles. The van der Waals surface area contributed by atoms with Crippen molar-refractivity contribution >= 4 is 0 Å². The molecule has 1 aromatic heterocycles. The first-order chi connectivity index (χ1) is 8.73. The molecule has 1 aromatic rings. The van der Waals surface area contributed by atoms with Crippen LogP contribution in [0.25, 0.3) is 0 Å². The maximum absolute atomic E-state index is 4.77. The summed E-state index contributed by atoms with van der Waals surface area (Å²) >= 11 is 0. The van der Waals surface area contributed by atoms with E-state index in [9.17, 15) is 0 Å². The van der Waals surface area contributed by atoms with Gasteiger partial charge in [-0.2, -0.15) is 5.10 Å². The van der Waals surface area contributed by atoms with Gasteiger partial charge in [-0.15, -0.1) is 0 Å². The smallest absolute Gasteiger partial charge is 0.0672 e. The Morgan fingerprint density at radius 1 is 1.11 bits per heavy atom. The van der Waals surface area contributed by atoms with Crippen molar-refractivity contribution < 1.29 is 0 Å². The minimum Gasteiger partial charge on any atom is -0.310 e. The average Bonchev–Trinajstić information content (AvgIpc) is 2.77. The quantitative estimate of drug-likeness (QED) is 0.766. The van der Waals surface area contributed by atoms with Gasteiger partial charge in [-0.05, 0) is 39.2 Å². The molecule has 1 atom stereocenters. The van der Waals surface area contributed by atoms with Crippen molar-refractivity contribution in [2.45, 2.75) is 72.9 Å². The molecule has 0 fully saturated rings. The van der Waals surface area contributed by atoms with E-state index in [0.717, 1.165) is 32.4 Å². The lowest BCUT2D eigenvalue weighted by Gasteiger charge is -2.18. The third-order valence-electron chi connectivity index (χ3n) is 3.54. The summed E-state index contributed by atoms with van der Waals surface area (Å²) in [5.41, 5.74) is 4.17. The summed E-state index contributed by atoms with van der Waals surface area (Å²) in [6.07, 6.45) is 4.41. The van der Waals surface area contributed by atoms with Gasteiger partial charge in [-0.3, -0.25) is 4.68 Å². The van der Waals surface area contributed by atoms with Gasteiger partial charge in [-0.25, -0.2) is 0 Å². The Morgan fingerprint density at radius 3 is 2.28 bits per heavy atom. The second-order valence-corrected chi connectivity index (χ2v) is 4.74. The van der Waals surface area contributed by atoms with Crippen LogP contribution in [-0.2, 0) is 19.4 Å². The van der Waals surface area contributed by atoms with Crippen LogP contribution in [0.2, 0.25) is 0 Å². The molecule has 18 heavy (non-hydrogen) atoms. The summed E-state index contributed by atoms with van der Waals surface area (Å²) in [6.45, 7) is 13.2. The molecule has 3 heteroatoms. The summed E-state index contributed by atoms with van der Waals surface area (Å²) in [4.78, 5) is 0. The average molecular weight is 251 g/mol. The number of hydrogen-bond acceptors (Lipinski definition) is 2. The second kappa shape index (κ2) is 7.57. The molecule has 0 aliphatic rings. The molecule has 0 aromatic carbocycles. The van der Waals surface area contributed by atoms with E-state index in [1.54, 1.807) is 0 Å². The number of nitrogens with one attached hydrogen (secondary N) is 1. The number of hydrogen-bond donors (Lipinski definition) is 1. The molecular formula is C15H29N3. The predicted molar refractivity (Wildman–Crippen MR) is 78.0 cm³/mol. The van der Waals surface area contributed by atoms with E-state index in [-0.39, 0.29) is 0 Å². The van der Waals surface area contributed by atoms with Gasteiger partial charge in [0.25, 0.3) is 0 Å². The Morgan fingerprint density at radius 2 is 1.83 bits per heavy atom. The zero-order valence-corrected chi connectivity index (χ0v) is 12.7. The highest BCUT2D eigenvalue weighted by atomic mass is 15.3. The monoisotopic (exact) mass is 251 g/mol. The minimum atomic E-state index is 0.468. The molecule has 0 radical (unpaired) electrons. The number of aromatic nitrogens is 2. The Labute approximate surface area is 112 Å². The minimum absolute atomic E-state index is 0.468. The van der Waals surface area contributed by atoms with E-state index in [4.69, 9.17) is 5.10 Å². The van der Waals surface area contributed by atoms with Crippen molar-refractivity contribution in [1.82, 2.24) is 15.1 Å². The van der Waals surface area contributed by atoms with Crippen LogP contribution in [-0.4, -0.2) is 16.3 Å². The molecule has 3 nitrogen and oxygen atoms in total. The molecule has 0 bridgehead atoms. The van der Waals surface area contributed by atoms with E-state index in [2.05, 4.69) is 44.6 Å². The van der Waals surface area contributed by atoms with Crippen molar-refractivity contribution in [3.8, 4) is 0 Å². The fraction of sp³-hybridized carbons (Fsp3) is 0.800. The first-order valence-electron chi connectivity index (χ1n) is 7.55. The highest BCUT2D eigenvalue weighted by Gasteiger charge is 2.21. The Hall–Kier alpha value is -0.830. The molecule has 1 heterocycles. The maximum atomic E-state index is 4.77. The van der Waals surface area contributed by atoms with Crippen molar-refractivity contribution in [1.29, 1.82) is 0 Å². The molecule has 0 saturated heterocycles. The first-order valence-corrected chi connectivity index (χ1v) is 7.55. The number of nitrogens with zero attached hydrogens (tertiary/aromatic N) is 2. The van der Waals surface area contributed by atoms with Gasteiger partial charge < -0.3 is 5.32 Å². The topological polar surface area (TPSA) is 29.9 Å². The largest absolute Gasteiger partial charge is 0.310 e. The summed E-state index contributed by atoms with van der Waals surface area (Å²) in [5.74, 6) is 0. The highest BCUT2D eigenvalue weighted by Crippen LogP contribution is 2.26. The maximum Gasteiger partial charge on any atom is 0.0672 e. The number of aryl methyl sites for hydroxylation is 2.